The lowest BCUT2D eigenvalue weighted by molar-refractivity contribution is -0.119. The first-order valence-corrected chi connectivity index (χ1v) is 13.0. The van der Waals surface area contributed by atoms with Crippen LogP contribution in [0.1, 0.15) is 63.5 Å². The number of hydrogen-bond donors (Lipinski definition) is 3. The monoisotopic (exact) mass is 520 g/mol. The van der Waals surface area contributed by atoms with Crippen molar-refractivity contribution < 1.29 is 22.7 Å². The molecule has 0 radical (unpaired) electrons. The minimum Gasteiger partial charge on any atom is -0.435 e. The Labute approximate surface area is 214 Å². The zero-order valence-electron chi connectivity index (χ0n) is 21.2. The summed E-state index contributed by atoms with van der Waals surface area (Å²) >= 11 is 0. The van der Waals surface area contributed by atoms with Gasteiger partial charge in [0.2, 0.25) is 5.91 Å². The number of alkyl halides is 3. The van der Waals surface area contributed by atoms with Gasteiger partial charge in [-0.1, -0.05) is 0 Å². The van der Waals surface area contributed by atoms with Gasteiger partial charge in [0.1, 0.15) is 11.8 Å². The topological polar surface area (TPSA) is 83.5 Å². The molecule has 8 nitrogen and oxygen atoms in total. The second kappa shape index (κ2) is 10.6. The molecule has 37 heavy (non-hydrogen) atoms. The summed E-state index contributed by atoms with van der Waals surface area (Å²) in [6.07, 6.45) is 8.63. The molecule has 4 unspecified atom stereocenters. The molecular formula is C26H35F3N6O2. The molecule has 3 aliphatic rings. The Balaban J connectivity index is 1.18. The molecule has 3 N–H and O–H groups in total. The number of anilines is 1. The van der Waals surface area contributed by atoms with Gasteiger partial charge >= 0.3 is 6.61 Å². The summed E-state index contributed by atoms with van der Waals surface area (Å²) in [6.45, 7) is 1.76. The molecule has 202 valence electrons. The Kier molecular flexibility index (Phi) is 7.46. The summed E-state index contributed by atoms with van der Waals surface area (Å²) in [5, 5.41) is 7.54. The van der Waals surface area contributed by atoms with E-state index in [1.54, 1.807) is 26.0 Å². The van der Waals surface area contributed by atoms with Crippen molar-refractivity contribution >= 4 is 11.6 Å². The van der Waals surface area contributed by atoms with Crippen LogP contribution in [0.5, 0.6) is 5.75 Å². The van der Waals surface area contributed by atoms with Crippen molar-refractivity contribution in [2.24, 2.45) is 5.92 Å². The van der Waals surface area contributed by atoms with E-state index in [-0.39, 0.29) is 29.7 Å². The average Bonchev–Trinajstić information content (AvgIpc) is 3.52. The van der Waals surface area contributed by atoms with E-state index in [0.717, 1.165) is 32.1 Å². The molecule has 1 amide bonds. The molecule has 2 aromatic rings. The number of amides is 1. The molecule has 4 atom stereocenters. The van der Waals surface area contributed by atoms with E-state index in [0.29, 0.717) is 24.7 Å². The van der Waals surface area contributed by atoms with Crippen molar-refractivity contribution in [2.75, 3.05) is 18.4 Å². The fourth-order valence-corrected chi connectivity index (χ4v) is 5.98. The number of benzene rings is 1. The quantitative estimate of drug-likeness (QED) is 0.475. The predicted octanol–water partition coefficient (Wildman–Crippen LogP) is 4.19. The molecular weight excluding hydrogens is 485 g/mol. The molecule has 0 bridgehead atoms. The highest BCUT2D eigenvalue weighted by atomic mass is 19.3. The van der Waals surface area contributed by atoms with Gasteiger partial charge in [-0.3, -0.25) is 19.8 Å². The van der Waals surface area contributed by atoms with Crippen molar-refractivity contribution in [3.8, 4) is 5.75 Å². The minimum atomic E-state index is -2.89. The predicted molar refractivity (Wildman–Crippen MR) is 133 cm³/mol. The summed E-state index contributed by atoms with van der Waals surface area (Å²) in [6, 6.07) is 5.97. The largest absolute Gasteiger partial charge is 0.435 e. The third-order valence-corrected chi connectivity index (χ3v) is 8.06. The maximum absolute atomic E-state index is 14.3. The molecule has 2 saturated heterocycles. The second-order valence-electron chi connectivity index (χ2n) is 10.8. The number of fused-ring (bicyclic) bond motifs is 1. The van der Waals surface area contributed by atoms with E-state index in [9.17, 15) is 18.0 Å². The highest BCUT2D eigenvalue weighted by Crippen LogP contribution is 2.40. The van der Waals surface area contributed by atoms with Gasteiger partial charge in [-0.25, -0.2) is 9.82 Å². The number of nitrogens with one attached hydrogen (secondary N) is 3. The van der Waals surface area contributed by atoms with Crippen LogP contribution < -0.4 is 20.9 Å². The second-order valence-corrected chi connectivity index (χ2v) is 10.8. The number of carbonyl (C=O) groups is 1. The van der Waals surface area contributed by atoms with Gasteiger partial charge in [-0.15, -0.1) is 0 Å². The number of rotatable bonds is 7. The summed E-state index contributed by atoms with van der Waals surface area (Å²) < 4.78 is 45.4. The van der Waals surface area contributed by atoms with Crippen molar-refractivity contribution in [2.45, 2.75) is 82.4 Å². The molecule has 11 heteroatoms. The number of likely N-dealkylation sites (tertiary alicyclic amines) is 1. The summed E-state index contributed by atoms with van der Waals surface area (Å²) in [5.74, 6) is -0.999. The van der Waals surface area contributed by atoms with Crippen molar-refractivity contribution in [1.82, 2.24) is 25.5 Å². The number of piperidine rings is 1. The van der Waals surface area contributed by atoms with Crippen molar-refractivity contribution in [3.63, 3.8) is 0 Å². The van der Waals surface area contributed by atoms with E-state index < -0.39 is 18.4 Å². The number of ether oxygens (including phenoxy) is 1. The first-order chi connectivity index (χ1) is 17.7. The molecule has 1 aliphatic carbocycles. The number of hydrazine groups is 1. The third-order valence-electron chi connectivity index (χ3n) is 8.06. The fourth-order valence-electron chi connectivity index (χ4n) is 5.98. The Hall–Kier alpha value is -2.63. The van der Waals surface area contributed by atoms with E-state index in [2.05, 4.69) is 32.2 Å². The molecule has 3 heterocycles. The SMILES string of the molecule is CC(C)(F)N1CCC(n2cc(C3CCC4NNC(C(=O)Nc5ccc(OC(F)F)cc5)C4C3)cn2)CC1. The number of aromatic nitrogens is 2. The van der Waals surface area contributed by atoms with Gasteiger partial charge in [0.15, 0.2) is 5.79 Å². The summed E-state index contributed by atoms with van der Waals surface area (Å²) in [7, 11) is 0. The van der Waals surface area contributed by atoms with Crippen LogP contribution in [0.3, 0.4) is 0 Å². The van der Waals surface area contributed by atoms with Gasteiger partial charge in [-0.05, 0) is 81.7 Å². The van der Waals surface area contributed by atoms with E-state index in [4.69, 9.17) is 0 Å². The smallest absolute Gasteiger partial charge is 0.387 e. The number of nitrogens with zero attached hydrogens (tertiary/aromatic N) is 3. The Morgan fingerprint density at radius 3 is 2.54 bits per heavy atom. The van der Waals surface area contributed by atoms with Gasteiger partial charge in [-0.2, -0.15) is 13.9 Å². The molecule has 0 spiro atoms. The highest BCUT2D eigenvalue weighted by Gasteiger charge is 2.44. The maximum atomic E-state index is 14.3. The standard InChI is InChI=1S/C26H35F3N6O2/c1-26(2,29)34-11-9-19(10-12-34)35-15-17(14-30-35)16-3-8-22-21(13-16)23(33-32-22)24(36)31-18-4-6-20(7-5-18)37-25(27)28/h4-7,14-16,19,21-23,25,32-33H,3,8-13H2,1-2H3,(H,31,36). The van der Waals surface area contributed by atoms with Crippen LogP contribution in [0.15, 0.2) is 36.7 Å². The Morgan fingerprint density at radius 2 is 1.86 bits per heavy atom. The van der Waals surface area contributed by atoms with Crippen LogP contribution in [0.2, 0.25) is 0 Å². The first kappa shape index (κ1) is 26.0. The molecule has 5 rings (SSSR count). The Morgan fingerprint density at radius 1 is 1.14 bits per heavy atom. The van der Waals surface area contributed by atoms with Gasteiger partial charge in [0, 0.05) is 36.9 Å². The van der Waals surface area contributed by atoms with Crippen LogP contribution in [0, 0.1) is 5.92 Å². The highest BCUT2D eigenvalue weighted by molar-refractivity contribution is 5.95. The molecule has 1 aromatic heterocycles. The zero-order chi connectivity index (χ0) is 26.2. The molecule has 1 aromatic carbocycles. The molecule has 2 aliphatic heterocycles. The number of carbonyl (C=O) groups excluding carboxylic acids is 1. The van der Waals surface area contributed by atoms with Gasteiger partial charge in [0.05, 0.1) is 12.2 Å². The third kappa shape index (κ3) is 5.94. The molecule has 3 fully saturated rings. The van der Waals surface area contributed by atoms with Crippen LogP contribution >= 0.6 is 0 Å². The lowest BCUT2D eigenvalue weighted by atomic mass is 9.74. The normalized spacial score (nSPS) is 27.3. The lowest BCUT2D eigenvalue weighted by Crippen LogP contribution is -2.45. The fraction of sp³-hybridized carbons (Fsp3) is 0.615. The zero-order valence-corrected chi connectivity index (χ0v) is 21.2. The minimum absolute atomic E-state index is 0.0428. The van der Waals surface area contributed by atoms with E-state index in [1.165, 1.54) is 17.7 Å². The van der Waals surface area contributed by atoms with E-state index >= 15 is 0 Å². The van der Waals surface area contributed by atoms with Crippen LogP contribution in [0.25, 0.3) is 0 Å². The van der Waals surface area contributed by atoms with Crippen LogP contribution in [-0.2, 0) is 4.79 Å². The van der Waals surface area contributed by atoms with Crippen LogP contribution in [-0.4, -0.2) is 58.2 Å². The van der Waals surface area contributed by atoms with Crippen molar-refractivity contribution in [3.05, 3.63) is 42.2 Å². The maximum Gasteiger partial charge on any atom is 0.387 e. The van der Waals surface area contributed by atoms with Gasteiger partial charge < -0.3 is 10.1 Å². The van der Waals surface area contributed by atoms with Gasteiger partial charge in [0.25, 0.3) is 0 Å². The first-order valence-electron chi connectivity index (χ1n) is 13.0. The number of halogens is 3. The number of hydrogen-bond acceptors (Lipinski definition) is 6. The van der Waals surface area contributed by atoms with E-state index in [1.807, 2.05) is 15.8 Å². The lowest BCUT2D eigenvalue weighted by Gasteiger charge is -2.38. The summed E-state index contributed by atoms with van der Waals surface area (Å²) in [5.41, 5.74) is 8.15. The van der Waals surface area contributed by atoms with Crippen LogP contribution in [0.4, 0.5) is 18.9 Å². The van der Waals surface area contributed by atoms with Crippen molar-refractivity contribution in [1.29, 1.82) is 0 Å². The summed E-state index contributed by atoms with van der Waals surface area (Å²) in [4.78, 5) is 15.0. The Bertz CT molecular complexity index is 1070. The average molecular weight is 521 g/mol. The molecule has 1 saturated carbocycles.